The highest BCUT2D eigenvalue weighted by molar-refractivity contribution is 14.0. The van der Waals surface area contributed by atoms with Gasteiger partial charge in [-0.1, -0.05) is 20.3 Å². The lowest BCUT2D eigenvalue weighted by Gasteiger charge is -2.36. The lowest BCUT2D eigenvalue weighted by Crippen LogP contribution is -2.43. The summed E-state index contributed by atoms with van der Waals surface area (Å²) in [7, 11) is 2.29. The largest absolute Gasteiger partial charge is 0.303 e. The van der Waals surface area contributed by atoms with Crippen LogP contribution in [0.15, 0.2) is 0 Å². The molecule has 1 aliphatic heterocycles. The zero-order valence-electron chi connectivity index (χ0n) is 11.2. The zero-order chi connectivity index (χ0) is 11.1. The predicted octanol–water partition coefficient (Wildman–Crippen LogP) is 3.21. The minimum absolute atomic E-state index is 0. The fourth-order valence-electron chi connectivity index (χ4n) is 2.50. The number of piperidine rings is 1. The fraction of sp³-hybridized carbons (Fsp3) is 1.00. The van der Waals surface area contributed by atoms with Crippen LogP contribution >= 0.6 is 24.0 Å². The molecule has 0 aromatic carbocycles. The average molecular weight is 340 g/mol. The molecule has 0 aromatic rings. The van der Waals surface area contributed by atoms with Gasteiger partial charge in [-0.15, -0.1) is 24.0 Å². The van der Waals surface area contributed by atoms with E-state index in [4.69, 9.17) is 0 Å². The number of rotatable bonds is 6. The van der Waals surface area contributed by atoms with Gasteiger partial charge in [0.15, 0.2) is 0 Å². The number of hydrogen-bond acceptors (Lipinski definition) is 2. The molecule has 0 N–H and O–H groups in total. The summed E-state index contributed by atoms with van der Waals surface area (Å²) in [6.45, 7) is 9.77. The van der Waals surface area contributed by atoms with Crippen molar-refractivity contribution < 1.29 is 0 Å². The normalized spacial score (nSPS) is 18.8. The van der Waals surface area contributed by atoms with Gasteiger partial charge in [0, 0.05) is 6.04 Å². The van der Waals surface area contributed by atoms with E-state index in [2.05, 4.69) is 30.7 Å². The van der Waals surface area contributed by atoms with Crippen LogP contribution in [-0.4, -0.2) is 49.1 Å². The topological polar surface area (TPSA) is 6.48 Å². The second kappa shape index (κ2) is 9.66. The molecule has 1 aliphatic rings. The Morgan fingerprint density at radius 1 is 1.12 bits per heavy atom. The molecule has 3 heteroatoms. The van der Waals surface area contributed by atoms with Crippen molar-refractivity contribution in [3.05, 3.63) is 0 Å². The third-order valence-electron chi connectivity index (χ3n) is 3.58. The molecule has 0 saturated carbocycles. The molecule has 1 rings (SSSR count). The van der Waals surface area contributed by atoms with Crippen LogP contribution in [0.4, 0.5) is 0 Å². The van der Waals surface area contributed by atoms with E-state index in [0.29, 0.717) is 0 Å². The van der Waals surface area contributed by atoms with Crippen LogP contribution in [0, 0.1) is 0 Å². The van der Waals surface area contributed by atoms with Gasteiger partial charge in [0.2, 0.25) is 0 Å². The molecule has 1 saturated heterocycles. The molecule has 0 bridgehead atoms. The number of hydrogen-bond donors (Lipinski definition) is 0. The van der Waals surface area contributed by atoms with Crippen molar-refractivity contribution in [1.82, 2.24) is 9.80 Å². The maximum Gasteiger partial charge on any atom is 0.0117 e. The van der Waals surface area contributed by atoms with Crippen LogP contribution in [0.5, 0.6) is 0 Å². The predicted molar refractivity (Wildman–Crippen MR) is 82.7 cm³/mol. The van der Waals surface area contributed by atoms with Crippen molar-refractivity contribution in [2.24, 2.45) is 0 Å². The Morgan fingerprint density at radius 2 is 1.75 bits per heavy atom. The first kappa shape index (κ1) is 16.6. The van der Waals surface area contributed by atoms with E-state index in [1.807, 2.05) is 0 Å². The average Bonchev–Trinajstić information content (AvgIpc) is 2.27. The second-order valence-corrected chi connectivity index (χ2v) is 4.91. The van der Waals surface area contributed by atoms with E-state index in [1.165, 1.54) is 58.3 Å². The first-order chi connectivity index (χ1) is 7.27. The molecule has 0 spiro atoms. The van der Waals surface area contributed by atoms with Crippen LogP contribution in [0.25, 0.3) is 0 Å². The lowest BCUT2D eigenvalue weighted by atomic mass is 10.0. The first-order valence-electron chi connectivity index (χ1n) is 6.70. The summed E-state index contributed by atoms with van der Waals surface area (Å²) < 4.78 is 0. The second-order valence-electron chi connectivity index (χ2n) is 4.91. The third-order valence-corrected chi connectivity index (χ3v) is 3.58. The zero-order valence-corrected chi connectivity index (χ0v) is 13.6. The fourth-order valence-corrected chi connectivity index (χ4v) is 2.50. The van der Waals surface area contributed by atoms with E-state index < -0.39 is 0 Å². The van der Waals surface area contributed by atoms with Gasteiger partial charge in [0.25, 0.3) is 0 Å². The SMILES string of the molecule is CCCCN1CCC(N(C)CCC)CC1.I. The minimum Gasteiger partial charge on any atom is -0.303 e. The van der Waals surface area contributed by atoms with Crippen molar-refractivity contribution in [1.29, 1.82) is 0 Å². The highest BCUT2D eigenvalue weighted by Crippen LogP contribution is 2.15. The summed E-state index contributed by atoms with van der Waals surface area (Å²) in [5.41, 5.74) is 0. The van der Waals surface area contributed by atoms with Gasteiger partial charge in [0.05, 0.1) is 0 Å². The molecule has 0 aliphatic carbocycles. The first-order valence-corrected chi connectivity index (χ1v) is 6.70. The maximum absolute atomic E-state index is 2.64. The summed E-state index contributed by atoms with van der Waals surface area (Å²) in [4.78, 5) is 5.19. The molecule has 98 valence electrons. The van der Waals surface area contributed by atoms with Crippen molar-refractivity contribution in [2.45, 2.75) is 52.0 Å². The maximum atomic E-state index is 2.64. The van der Waals surface area contributed by atoms with Gasteiger partial charge < -0.3 is 9.80 Å². The lowest BCUT2D eigenvalue weighted by molar-refractivity contribution is 0.127. The van der Waals surface area contributed by atoms with Crippen LogP contribution < -0.4 is 0 Å². The quantitative estimate of drug-likeness (QED) is 0.685. The third kappa shape index (κ3) is 5.82. The van der Waals surface area contributed by atoms with Crippen LogP contribution in [0.3, 0.4) is 0 Å². The highest BCUT2D eigenvalue weighted by Gasteiger charge is 2.21. The molecule has 16 heavy (non-hydrogen) atoms. The van der Waals surface area contributed by atoms with Gasteiger partial charge in [0.1, 0.15) is 0 Å². The van der Waals surface area contributed by atoms with E-state index in [1.54, 1.807) is 0 Å². The molecule has 1 fully saturated rings. The van der Waals surface area contributed by atoms with Crippen LogP contribution in [0.1, 0.15) is 46.0 Å². The minimum atomic E-state index is 0. The number of unbranched alkanes of at least 4 members (excludes halogenated alkanes) is 1. The molecule has 0 atom stereocenters. The molecular weight excluding hydrogens is 311 g/mol. The Hall–Kier alpha value is 0.650. The van der Waals surface area contributed by atoms with E-state index in [0.717, 1.165) is 6.04 Å². The van der Waals surface area contributed by atoms with Gasteiger partial charge in [-0.2, -0.15) is 0 Å². The van der Waals surface area contributed by atoms with Crippen molar-refractivity contribution in [3.8, 4) is 0 Å². The molecule has 0 unspecified atom stereocenters. The molecule has 2 nitrogen and oxygen atoms in total. The van der Waals surface area contributed by atoms with Crippen molar-refractivity contribution in [2.75, 3.05) is 33.2 Å². The van der Waals surface area contributed by atoms with Crippen LogP contribution in [0.2, 0.25) is 0 Å². The van der Waals surface area contributed by atoms with Gasteiger partial charge in [-0.05, 0) is 58.9 Å². The summed E-state index contributed by atoms with van der Waals surface area (Å²) in [6, 6.07) is 0.850. The smallest absolute Gasteiger partial charge is 0.0117 e. The Labute approximate surface area is 119 Å². The molecule has 0 radical (unpaired) electrons. The number of likely N-dealkylation sites (tertiary alicyclic amines) is 1. The number of nitrogens with zero attached hydrogens (tertiary/aromatic N) is 2. The summed E-state index contributed by atoms with van der Waals surface area (Å²) in [5.74, 6) is 0. The van der Waals surface area contributed by atoms with Crippen molar-refractivity contribution in [3.63, 3.8) is 0 Å². The highest BCUT2D eigenvalue weighted by atomic mass is 127. The summed E-state index contributed by atoms with van der Waals surface area (Å²) in [5, 5.41) is 0. The Bertz CT molecular complexity index is 156. The molecular formula is C13H29IN2. The standard InChI is InChI=1S/C13H28N2.HI/c1-4-6-10-15-11-7-13(8-12-15)14(3)9-5-2;/h13H,4-12H2,1-3H3;1H. The van der Waals surface area contributed by atoms with Gasteiger partial charge >= 0.3 is 0 Å². The summed E-state index contributed by atoms with van der Waals surface area (Å²) in [6.07, 6.45) is 6.73. The van der Waals surface area contributed by atoms with Crippen LogP contribution in [-0.2, 0) is 0 Å². The Balaban J connectivity index is 0.00000225. The molecule has 0 aromatic heterocycles. The number of halogens is 1. The summed E-state index contributed by atoms with van der Waals surface area (Å²) >= 11 is 0. The van der Waals surface area contributed by atoms with E-state index >= 15 is 0 Å². The Kier molecular flexibility index (Phi) is 10.0. The van der Waals surface area contributed by atoms with Crippen molar-refractivity contribution >= 4 is 24.0 Å². The Morgan fingerprint density at radius 3 is 2.25 bits per heavy atom. The van der Waals surface area contributed by atoms with E-state index in [-0.39, 0.29) is 24.0 Å². The van der Waals surface area contributed by atoms with Gasteiger partial charge in [-0.25, -0.2) is 0 Å². The molecule has 0 amide bonds. The molecule has 1 heterocycles. The van der Waals surface area contributed by atoms with E-state index in [9.17, 15) is 0 Å². The van der Waals surface area contributed by atoms with Gasteiger partial charge in [-0.3, -0.25) is 0 Å². The monoisotopic (exact) mass is 340 g/mol.